The van der Waals surface area contributed by atoms with Gasteiger partial charge in [-0.2, -0.15) is 0 Å². The van der Waals surface area contributed by atoms with Gasteiger partial charge in [0.05, 0.1) is 6.33 Å². The molecular formula is C6H7N2. The zero-order chi connectivity index (χ0) is 5.40. The lowest BCUT2D eigenvalue weighted by atomic mass is 10.3. The molecular weight excluding hydrogens is 100 g/mol. The zero-order valence-electron chi connectivity index (χ0n) is 4.54. The lowest BCUT2D eigenvalue weighted by Gasteiger charge is -1.88. The van der Waals surface area contributed by atoms with Crippen LogP contribution in [0.15, 0.2) is 12.5 Å². The van der Waals surface area contributed by atoms with Crippen molar-refractivity contribution in [2.24, 2.45) is 0 Å². The van der Waals surface area contributed by atoms with Crippen LogP contribution in [-0.2, 0) is 6.54 Å². The molecule has 0 spiro atoms. The summed E-state index contributed by atoms with van der Waals surface area (Å²) in [6.45, 7) is 1.12. The second kappa shape index (κ2) is 1.34. The maximum absolute atomic E-state index is 3.98. The molecule has 0 fully saturated rings. The van der Waals surface area contributed by atoms with Crippen molar-refractivity contribution in [2.45, 2.75) is 13.0 Å². The summed E-state index contributed by atoms with van der Waals surface area (Å²) in [7, 11) is 0. The molecule has 2 heterocycles. The summed E-state index contributed by atoms with van der Waals surface area (Å²) in [5.41, 5.74) is 1.27. The van der Waals surface area contributed by atoms with Gasteiger partial charge in [0.2, 0.25) is 0 Å². The fourth-order valence-corrected chi connectivity index (χ4v) is 1.04. The summed E-state index contributed by atoms with van der Waals surface area (Å²) >= 11 is 0. The first-order valence-electron chi connectivity index (χ1n) is 2.80. The van der Waals surface area contributed by atoms with Crippen LogP contribution in [0, 0.1) is 6.42 Å². The molecule has 0 aromatic carbocycles. The number of hydrogen-bond donors (Lipinski definition) is 0. The van der Waals surface area contributed by atoms with Gasteiger partial charge in [0, 0.05) is 24.9 Å². The van der Waals surface area contributed by atoms with Crippen LogP contribution >= 0.6 is 0 Å². The Kier molecular flexibility index (Phi) is 0.692. The number of imidazole rings is 1. The topological polar surface area (TPSA) is 17.8 Å². The summed E-state index contributed by atoms with van der Waals surface area (Å²) in [4.78, 5) is 3.98. The molecule has 2 nitrogen and oxygen atoms in total. The molecule has 0 amide bonds. The Hall–Kier alpha value is -0.790. The number of rotatable bonds is 0. The minimum Gasteiger partial charge on any atom is -0.334 e. The van der Waals surface area contributed by atoms with Crippen LogP contribution < -0.4 is 0 Å². The van der Waals surface area contributed by atoms with Crippen LogP contribution in [0.3, 0.4) is 0 Å². The second-order valence-electron chi connectivity index (χ2n) is 2.00. The number of nitrogens with zero attached hydrogens (tertiary/aromatic N) is 2. The molecule has 0 atom stereocenters. The van der Waals surface area contributed by atoms with Gasteiger partial charge < -0.3 is 4.57 Å². The Bertz CT molecular complexity index is 172. The summed E-state index contributed by atoms with van der Waals surface area (Å²) in [5.74, 6) is 0. The van der Waals surface area contributed by atoms with Crippen LogP contribution in [0.5, 0.6) is 0 Å². The van der Waals surface area contributed by atoms with E-state index >= 15 is 0 Å². The molecule has 1 aliphatic rings. The van der Waals surface area contributed by atoms with Crippen molar-refractivity contribution in [2.75, 3.05) is 0 Å². The highest BCUT2D eigenvalue weighted by Gasteiger charge is 2.07. The van der Waals surface area contributed by atoms with E-state index in [9.17, 15) is 0 Å². The summed E-state index contributed by atoms with van der Waals surface area (Å²) in [5, 5.41) is 0. The Morgan fingerprint density at radius 1 is 1.62 bits per heavy atom. The van der Waals surface area contributed by atoms with Crippen LogP contribution in [-0.4, -0.2) is 9.55 Å². The molecule has 8 heavy (non-hydrogen) atoms. The molecule has 1 aromatic heterocycles. The summed E-state index contributed by atoms with van der Waals surface area (Å²) in [6, 6.07) is 0. The highest BCUT2D eigenvalue weighted by molar-refractivity contribution is 5.13. The Morgan fingerprint density at radius 2 is 2.62 bits per heavy atom. The molecule has 1 aromatic rings. The highest BCUT2D eigenvalue weighted by atomic mass is 15.1. The molecule has 0 N–H and O–H groups in total. The third-order valence-corrected chi connectivity index (χ3v) is 1.47. The number of fused-ring (bicyclic) bond motifs is 1. The molecule has 2 heteroatoms. The molecule has 0 saturated heterocycles. The molecule has 1 radical (unpaired) electrons. The van der Waals surface area contributed by atoms with Crippen molar-refractivity contribution < 1.29 is 0 Å². The third kappa shape index (κ3) is 0.399. The average Bonchev–Trinajstić information content (AvgIpc) is 2.15. The van der Waals surface area contributed by atoms with Crippen LogP contribution in [0.4, 0.5) is 0 Å². The second-order valence-corrected chi connectivity index (χ2v) is 2.00. The van der Waals surface area contributed by atoms with Gasteiger partial charge in [0.15, 0.2) is 0 Å². The first kappa shape index (κ1) is 4.13. The predicted molar refractivity (Wildman–Crippen MR) is 30.2 cm³/mol. The van der Waals surface area contributed by atoms with Gasteiger partial charge in [-0.05, 0) is 6.42 Å². The number of hydrogen-bond acceptors (Lipinski definition) is 1. The molecule has 1 aliphatic heterocycles. The van der Waals surface area contributed by atoms with Crippen molar-refractivity contribution in [3.63, 3.8) is 0 Å². The van der Waals surface area contributed by atoms with E-state index in [1.807, 2.05) is 12.5 Å². The van der Waals surface area contributed by atoms with Gasteiger partial charge in [0.25, 0.3) is 0 Å². The Balaban J connectivity index is 2.54. The number of aromatic nitrogens is 2. The van der Waals surface area contributed by atoms with E-state index in [0.29, 0.717) is 0 Å². The van der Waals surface area contributed by atoms with Crippen LogP contribution in [0.1, 0.15) is 12.1 Å². The van der Waals surface area contributed by atoms with E-state index in [4.69, 9.17) is 0 Å². The SMILES string of the molecule is [CH]1CCn2cncc21. The smallest absolute Gasteiger partial charge is 0.0948 e. The van der Waals surface area contributed by atoms with E-state index in [1.165, 1.54) is 12.1 Å². The van der Waals surface area contributed by atoms with Gasteiger partial charge in [-0.15, -0.1) is 0 Å². The van der Waals surface area contributed by atoms with Gasteiger partial charge in [-0.25, -0.2) is 4.98 Å². The molecule has 0 saturated carbocycles. The average molecular weight is 107 g/mol. The molecule has 0 bridgehead atoms. The molecule has 41 valence electrons. The largest absolute Gasteiger partial charge is 0.334 e. The maximum Gasteiger partial charge on any atom is 0.0948 e. The van der Waals surface area contributed by atoms with Crippen molar-refractivity contribution in [1.82, 2.24) is 9.55 Å². The van der Waals surface area contributed by atoms with Crippen LogP contribution in [0.2, 0.25) is 0 Å². The molecule has 0 unspecified atom stereocenters. The van der Waals surface area contributed by atoms with Gasteiger partial charge in [0.1, 0.15) is 0 Å². The standard InChI is InChI=1S/C6H7N2/c1-2-6-4-7-5-8(6)3-1/h2,4-5H,1,3H2. The fourth-order valence-electron chi connectivity index (χ4n) is 1.04. The lowest BCUT2D eigenvalue weighted by molar-refractivity contribution is 0.756. The van der Waals surface area contributed by atoms with E-state index in [1.54, 1.807) is 0 Å². The third-order valence-electron chi connectivity index (χ3n) is 1.47. The lowest BCUT2D eigenvalue weighted by Crippen LogP contribution is -1.86. The number of aryl methyl sites for hydroxylation is 1. The minimum atomic E-state index is 1.12. The maximum atomic E-state index is 3.98. The Morgan fingerprint density at radius 3 is 3.50 bits per heavy atom. The molecule has 0 aliphatic carbocycles. The first-order valence-corrected chi connectivity index (χ1v) is 2.80. The van der Waals surface area contributed by atoms with Crippen molar-refractivity contribution >= 4 is 0 Å². The quantitative estimate of drug-likeness (QED) is 0.480. The van der Waals surface area contributed by atoms with E-state index in [-0.39, 0.29) is 0 Å². The van der Waals surface area contributed by atoms with E-state index in [2.05, 4.69) is 16.0 Å². The van der Waals surface area contributed by atoms with Crippen LogP contribution in [0.25, 0.3) is 0 Å². The summed E-state index contributed by atoms with van der Waals surface area (Å²) < 4.78 is 2.15. The van der Waals surface area contributed by atoms with E-state index in [0.717, 1.165) is 6.54 Å². The normalized spacial score (nSPS) is 16.5. The van der Waals surface area contributed by atoms with Gasteiger partial charge >= 0.3 is 0 Å². The van der Waals surface area contributed by atoms with Crippen molar-refractivity contribution in [3.8, 4) is 0 Å². The molecule has 2 rings (SSSR count). The van der Waals surface area contributed by atoms with Gasteiger partial charge in [-0.3, -0.25) is 0 Å². The minimum absolute atomic E-state index is 1.12. The summed E-state index contributed by atoms with van der Waals surface area (Å²) in [6.07, 6.45) is 7.15. The van der Waals surface area contributed by atoms with E-state index < -0.39 is 0 Å². The Labute approximate surface area is 48.2 Å². The monoisotopic (exact) mass is 107 g/mol. The fraction of sp³-hybridized carbons (Fsp3) is 0.333. The van der Waals surface area contributed by atoms with Crippen molar-refractivity contribution in [1.29, 1.82) is 0 Å². The predicted octanol–water partition coefficient (Wildman–Crippen LogP) is 0.839. The van der Waals surface area contributed by atoms with Gasteiger partial charge in [-0.1, -0.05) is 0 Å². The zero-order valence-corrected chi connectivity index (χ0v) is 4.54. The van der Waals surface area contributed by atoms with Crippen molar-refractivity contribution in [3.05, 3.63) is 24.6 Å². The first-order chi connectivity index (χ1) is 3.97. The highest BCUT2D eigenvalue weighted by Crippen LogP contribution is 2.13.